The number of nitrogens with one attached hydrogen (secondary N) is 1. The van der Waals surface area contributed by atoms with Gasteiger partial charge in [-0.15, -0.1) is 0 Å². The fourth-order valence-electron chi connectivity index (χ4n) is 1.46. The SMILES string of the molecule is CNC(C)c1ccc(OC(C(F)(F)F)C(F)(F)F)cc1. The molecule has 0 aliphatic heterocycles. The fourth-order valence-corrected chi connectivity index (χ4v) is 1.46. The summed E-state index contributed by atoms with van der Waals surface area (Å²) in [5, 5.41) is 2.89. The van der Waals surface area contributed by atoms with E-state index in [0.717, 1.165) is 17.7 Å². The molecule has 0 saturated heterocycles. The molecule has 0 saturated carbocycles. The van der Waals surface area contributed by atoms with Gasteiger partial charge in [-0.2, -0.15) is 26.3 Å². The Morgan fingerprint density at radius 2 is 1.40 bits per heavy atom. The first-order chi connectivity index (χ1) is 9.05. The molecule has 1 unspecified atom stereocenters. The second kappa shape index (κ2) is 5.90. The molecule has 1 N–H and O–H groups in total. The first kappa shape index (κ1) is 16.6. The molecule has 0 radical (unpaired) electrons. The lowest BCUT2D eigenvalue weighted by atomic mass is 10.1. The van der Waals surface area contributed by atoms with Crippen molar-refractivity contribution in [3.05, 3.63) is 29.8 Å². The lowest BCUT2D eigenvalue weighted by Crippen LogP contribution is -2.46. The monoisotopic (exact) mass is 301 g/mol. The van der Waals surface area contributed by atoms with Gasteiger partial charge in [-0.1, -0.05) is 12.1 Å². The summed E-state index contributed by atoms with van der Waals surface area (Å²) < 4.78 is 77.9. The highest BCUT2D eigenvalue weighted by atomic mass is 19.4. The molecule has 0 bridgehead atoms. The highest BCUT2D eigenvalue weighted by Gasteiger charge is 2.59. The van der Waals surface area contributed by atoms with Crippen LogP contribution in [0.2, 0.25) is 0 Å². The highest BCUT2D eigenvalue weighted by molar-refractivity contribution is 5.29. The Kier molecular flexibility index (Phi) is 4.90. The Labute approximate surface area is 111 Å². The molecule has 0 aliphatic rings. The van der Waals surface area contributed by atoms with E-state index in [1.54, 1.807) is 14.0 Å². The molecule has 1 aromatic rings. The largest absolute Gasteiger partial charge is 0.471 e. The van der Waals surface area contributed by atoms with Crippen molar-refractivity contribution >= 4 is 0 Å². The minimum absolute atomic E-state index is 0.0786. The van der Waals surface area contributed by atoms with E-state index in [-0.39, 0.29) is 6.04 Å². The molecule has 0 fully saturated rings. The first-order valence-electron chi connectivity index (χ1n) is 5.63. The van der Waals surface area contributed by atoms with Crippen molar-refractivity contribution in [2.75, 3.05) is 7.05 Å². The molecule has 1 atom stereocenters. The van der Waals surface area contributed by atoms with E-state index in [1.807, 2.05) is 0 Å². The van der Waals surface area contributed by atoms with Gasteiger partial charge >= 0.3 is 12.4 Å². The van der Waals surface area contributed by atoms with Crippen LogP contribution in [-0.4, -0.2) is 25.5 Å². The van der Waals surface area contributed by atoms with Crippen LogP contribution in [0.1, 0.15) is 18.5 Å². The van der Waals surface area contributed by atoms with Crippen molar-refractivity contribution in [3.8, 4) is 5.75 Å². The van der Waals surface area contributed by atoms with E-state index < -0.39 is 24.2 Å². The predicted molar refractivity (Wildman–Crippen MR) is 60.4 cm³/mol. The van der Waals surface area contributed by atoms with Crippen LogP contribution >= 0.6 is 0 Å². The number of hydrogen-bond acceptors (Lipinski definition) is 2. The van der Waals surface area contributed by atoms with Crippen LogP contribution in [0.5, 0.6) is 5.75 Å². The zero-order valence-electron chi connectivity index (χ0n) is 10.6. The van der Waals surface area contributed by atoms with Gasteiger partial charge in [0.15, 0.2) is 0 Å². The number of alkyl halides is 6. The molecule has 2 nitrogen and oxygen atoms in total. The van der Waals surface area contributed by atoms with Gasteiger partial charge in [-0.25, -0.2) is 0 Å². The van der Waals surface area contributed by atoms with Crippen LogP contribution < -0.4 is 10.1 Å². The van der Waals surface area contributed by atoms with Gasteiger partial charge in [0.2, 0.25) is 0 Å². The standard InChI is InChI=1S/C12H13F6NO/c1-7(19-2)8-3-5-9(6-4-8)20-10(11(13,14)15)12(16,17)18/h3-7,10,19H,1-2H3. The molecular weight excluding hydrogens is 288 g/mol. The molecule has 0 aromatic heterocycles. The van der Waals surface area contributed by atoms with Gasteiger partial charge in [-0.05, 0) is 31.7 Å². The predicted octanol–water partition coefficient (Wildman–Crippen LogP) is 3.84. The molecule has 0 heterocycles. The van der Waals surface area contributed by atoms with Crippen LogP contribution in [0.3, 0.4) is 0 Å². The summed E-state index contributed by atoms with van der Waals surface area (Å²) >= 11 is 0. The zero-order chi connectivity index (χ0) is 15.6. The Bertz CT molecular complexity index is 411. The van der Waals surface area contributed by atoms with Crippen LogP contribution in [0.25, 0.3) is 0 Å². The van der Waals surface area contributed by atoms with Crippen LogP contribution in [0, 0.1) is 0 Å². The summed E-state index contributed by atoms with van der Waals surface area (Å²) in [4.78, 5) is 0. The van der Waals surface area contributed by atoms with Gasteiger partial charge in [-0.3, -0.25) is 0 Å². The molecule has 0 aliphatic carbocycles. The number of halogens is 6. The summed E-state index contributed by atoms with van der Waals surface area (Å²) in [5.74, 6) is -0.489. The third kappa shape index (κ3) is 4.29. The quantitative estimate of drug-likeness (QED) is 0.853. The molecule has 20 heavy (non-hydrogen) atoms. The molecule has 0 spiro atoms. The fraction of sp³-hybridized carbons (Fsp3) is 0.500. The average Bonchev–Trinajstić information content (AvgIpc) is 2.33. The van der Waals surface area contributed by atoms with Gasteiger partial charge in [0.1, 0.15) is 5.75 Å². The summed E-state index contributed by atoms with van der Waals surface area (Å²) in [7, 11) is 1.68. The van der Waals surface area contributed by atoms with E-state index >= 15 is 0 Å². The zero-order valence-corrected chi connectivity index (χ0v) is 10.6. The Morgan fingerprint density at radius 3 is 1.75 bits per heavy atom. The maximum absolute atomic E-state index is 12.3. The minimum Gasteiger partial charge on any atom is -0.471 e. The maximum Gasteiger partial charge on any atom is 0.434 e. The third-order valence-electron chi connectivity index (χ3n) is 2.66. The van der Waals surface area contributed by atoms with E-state index in [9.17, 15) is 26.3 Å². The number of hydrogen-bond donors (Lipinski definition) is 1. The van der Waals surface area contributed by atoms with Gasteiger partial charge < -0.3 is 10.1 Å². The summed E-state index contributed by atoms with van der Waals surface area (Å²) in [6, 6.07) is 4.88. The molecule has 1 rings (SSSR count). The lowest BCUT2D eigenvalue weighted by molar-refractivity contribution is -0.299. The summed E-state index contributed by atoms with van der Waals surface area (Å²) in [6.45, 7) is 1.80. The number of ether oxygens (including phenoxy) is 1. The normalized spacial score (nSPS) is 14.4. The Hall–Kier alpha value is -1.44. The molecule has 8 heteroatoms. The average molecular weight is 301 g/mol. The highest BCUT2D eigenvalue weighted by Crippen LogP contribution is 2.36. The minimum atomic E-state index is -5.52. The molecule has 114 valence electrons. The number of rotatable bonds is 4. The van der Waals surface area contributed by atoms with Crippen molar-refractivity contribution < 1.29 is 31.1 Å². The maximum atomic E-state index is 12.3. The van der Waals surface area contributed by atoms with Gasteiger partial charge in [0, 0.05) is 6.04 Å². The second-order valence-corrected chi connectivity index (χ2v) is 4.16. The van der Waals surface area contributed by atoms with E-state index in [2.05, 4.69) is 10.1 Å². The molecular formula is C12H13F6NO. The third-order valence-corrected chi connectivity index (χ3v) is 2.66. The van der Waals surface area contributed by atoms with E-state index in [4.69, 9.17) is 0 Å². The second-order valence-electron chi connectivity index (χ2n) is 4.16. The molecule has 1 aromatic carbocycles. The van der Waals surface area contributed by atoms with Gasteiger partial charge in [0.05, 0.1) is 0 Å². The van der Waals surface area contributed by atoms with Crippen molar-refractivity contribution in [2.24, 2.45) is 0 Å². The Balaban J connectivity index is 2.90. The van der Waals surface area contributed by atoms with Gasteiger partial charge in [0.25, 0.3) is 6.10 Å². The topological polar surface area (TPSA) is 21.3 Å². The van der Waals surface area contributed by atoms with Crippen LogP contribution in [0.4, 0.5) is 26.3 Å². The Morgan fingerprint density at radius 1 is 0.950 bits per heavy atom. The lowest BCUT2D eigenvalue weighted by Gasteiger charge is -2.24. The van der Waals surface area contributed by atoms with Crippen molar-refractivity contribution in [3.63, 3.8) is 0 Å². The van der Waals surface area contributed by atoms with E-state index in [0.29, 0.717) is 0 Å². The van der Waals surface area contributed by atoms with Crippen LogP contribution in [-0.2, 0) is 0 Å². The van der Waals surface area contributed by atoms with Crippen molar-refractivity contribution in [1.29, 1.82) is 0 Å². The van der Waals surface area contributed by atoms with Crippen LogP contribution in [0.15, 0.2) is 24.3 Å². The van der Waals surface area contributed by atoms with E-state index in [1.165, 1.54) is 12.1 Å². The summed E-state index contributed by atoms with van der Waals surface area (Å²) in [5.41, 5.74) is 0.718. The smallest absolute Gasteiger partial charge is 0.434 e. The first-order valence-corrected chi connectivity index (χ1v) is 5.63. The van der Waals surface area contributed by atoms with Crippen molar-refractivity contribution in [1.82, 2.24) is 5.32 Å². The molecule has 0 amide bonds. The van der Waals surface area contributed by atoms with Crippen molar-refractivity contribution in [2.45, 2.75) is 31.4 Å². The number of benzene rings is 1. The summed E-state index contributed by atoms with van der Waals surface area (Å²) in [6.07, 6.45) is -14.9.